The van der Waals surface area contributed by atoms with E-state index in [0.717, 1.165) is 64.6 Å². The Hall–Kier alpha value is -2.11. The van der Waals surface area contributed by atoms with Gasteiger partial charge in [-0.05, 0) is 63.1 Å². The average molecular weight is 450 g/mol. The Bertz CT molecular complexity index is 875. The summed E-state index contributed by atoms with van der Waals surface area (Å²) in [7, 11) is 0. The van der Waals surface area contributed by atoms with Crippen molar-refractivity contribution in [2.45, 2.75) is 75.7 Å². The van der Waals surface area contributed by atoms with Crippen molar-refractivity contribution in [2.24, 2.45) is 5.41 Å². The van der Waals surface area contributed by atoms with Crippen LogP contribution in [0.2, 0.25) is 0 Å². The fraction of sp³-hybridized carbons (Fsp3) is 0.667. The maximum Gasteiger partial charge on any atom is 0.421 e. The molecule has 1 saturated heterocycles. The first-order valence-corrected chi connectivity index (χ1v) is 11.4. The van der Waals surface area contributed by atoms with Gasteiger partial charge in [0.15, 0.2) is 5.60 Å². The highest BCUT2D eigenvalue weighted by Crippen LogP contribution is 2.42. The van der Waals surface area contributed by atoms with Crippen LogP contribution in [0.25, 0.3) is 0 Å². The molecule has 174 valence electrons. The summed E-state index contributed by atoms with van der Waals surface area (Å²) in [6.07, 6.45) is 1.83. The minimum absolute atomic E-state index is 0.101. The number of alkyl halides is 3. The topological polar surface area (TPSA) is 67.6 Å². The van der Waals surface area contributed by atoms with E-state index in [1.165, 1.54) is 24.3 Å². The maximum atomic E-state index is 13.3. The molecule has 2 aliphatic carbocycles. The number of benzene rings is 1. The van der Waals surface area contributed by atoms with E-state index in [1.807, 2.05) is 4.90 Å². The first-order valence-electron chi connectivity index (χ1n) is 11.4. The smallest absolute Gasteiger partial charge is 0.376 e. The molecule has 0 spiro atoms. The number of piperidine rings is 1. The molecule has 2 saturated carbocycles. The normalized spacial score (nSPS) is 23.6. The van der Waals surface area contributed by atoms with Gasteiger partial charge in [0.2, 0.25) is 0 Å². The Kier molecular flexibility index (Phi) is 6.01. The molecule has 4 rings (SSSR count). The van der Waals surface area contributed by atoms with Crippen LogP contribution in [0, 0.1) is 16.7 Å². The molecule has 1 aromatic carbocycles. The number of hydrogen-bond donors (Lipinski definition) is 1. The van der Waals surface area contributed by atoms with Crippen LogP contribution in [-0.2, 0) is 5.60 Å². The molecule has 0 radical (unpaired) electrons. The van der Waals surface area contributed by atoms with E-state index in [-0.39, 0.29) is 29.0 Å². The third kappa shape index (κ3) is 4.38. The minimum Gasteiger partial charge on any atom is -0.376 e. The standard InChI is InChI=1S/C24H30F3N3O2/c1-22(32,24(25,26)27)18-5-3-17(4-6-18)21(31)30(19-7-8-19)20-9-13-29(14-10-20)16-23(15-28)11-2-12-23/h3-6,19-20,32H,2,7-14,16H2,1H3/t22-/m0/s1. The third-order valence-corrected chi connectivity index (χ3v) is 7.45. The summed E-state index contributed by atoms with van der Waals surface area (Å²) < 4.78 is 39.3. The summed E-state index contributed by atoms with van der Waals surface area (Å²) in [6, 6.07) is 7.93. The molecule has 0 unspecified atom stereocenters. The number of halogens is 3. The summed E-state index contributed by atoms with van der Waals surface area (Å²) in [5.74, 6) is -0.156. The van der Waals surface area contributed by atoms with Gasteiger partial charge in [-0.15, -0.1) is 0 Å². The fourth-order valence-electron chi connectivity index (χ4n) is 4.93. The Morgan fingerprint density at radius 1 is 1.16 bits per heavy atom. The quantitative estimate of drug-likeness (QED) is 0.706. The summed E-state index contributed by atoms with van der Waals surface area (Å²) in [6.45, 7) is 3.21. The molecular formula is C24H30F3N3O2. The molecule has 1 aliphatic heterocycles. The highest BCUT2D eigenvalue weighted by atomic mass is 19.4. The molecule has 0 bridgehead atoms. The van der Waals surface area contributed by atoms with Gasteiger partial charge in [0.1, 0.15) is 0 Å². The Labute approximate surface area is 186 Å². The van der Waals surface area contributed by atoms with Crippen molar-refractivity contribution in [3.8, 4) is 6.07 Å². The zero-order valence-electron chi connectivity index (χ0n) is 18.4. The maximum absolute atomic E-state index is 13.3. The molecule has 5 nitrogen and oxygen atoms in total. The van der Waals surface area contributed by atoms with E-state index in [9.17, 15) is 28.3 Å². The molecule has 1 aromatic rings. The largest absolute Gasteiger partial charge is 0.421 e. The predicted octanol–water partition coefficient (Wildman–Crippen LogP) is 4.22. The van der Waals surface area contributed by atoms with Crippen LogP contribution in [-0.4, -0.2) is 58.7 Å². The molecule has 1 atom stereocenters. The van der Waals surface area contributed by atoms with E-state index in [1.54, 1.807) is 0 Å². The van der Waals surface area contributed by atoms with Crippen molar-refractivity contribution in [3.63, 3.8) is 0 Å². The molecule has 3 aliphatic rings. The summed E-state index contributed by atoms with van der Waals surface area (Å²) in [5.41, 5.74) is -3.09. The lowest BCUT2D eigenvalue weighted by Crippen LogP contribution is -2.51. The van der Waals surface area contributed by atoms with Crippen LogP contribution in [0.4, 0.5) is 13.2 Å². The van der Waals surface area contributed by atoms with E-state index in [2.05, 4.69) is 11.0 Å². The second-order valence-electron chi connectivity index (χ2n) is 9.84. The second kappa shape index (κ2) is 8.35. The van der Waals surface area contributed by atoms with Crippen molar-refractivity contribution < 1.29 is 23.1 Å². The number of carbonyl (C=O) groups excluding carboxylic acids is 1. The van der Waals surface area contributed by atoms with Gasteiger partial charge in [0, 0.05) is 37.3 Å². The van der Waals surface area contributed by atoms with E-state index >= 15 is 0 Å². The Morgan fingerprint density at radius 3 is 2.16 bits per heavy atom. The monoisotopic (exact) mass is 449 g/mol. The number of aliphatic hydroxyl groups is 1. The van der Waals surface area contributed by atoms with Crippen LogP contribution in [0.5, 0.6) is 0 Å². The van der Waals surface area contributed by atoms with Crippen molar-refractivity contribution in [1.82, 2.24) is 9.80 Å². The van der Waals surface area contributed by atoms with Crippen molar-refractivity contribution in [3.05, 3.63) is 35.4 Å². The van der Waals surface area contributed by atoms with Gasteiger partial charge in [0.25, 0.3) is 5.91 Å². The molecule has 32 heavy (non-hydrogen) atoms. The highest BCUT2D eigenvalue weighted by Gasteiger charge is 2.51. The molecule has 1 heterocycles. The number of rotatable bonds is 6. The van der Waals surface area contributed by atoms with Crippen LogP contribution >= 0.6 is 0 Å². The number of nitriles is 1. The van der Waals surface area contributed by atoms with Gasteiger partial charge in [-0.1, -0.05) is 18.6 Å². The lowest BCUT2D eigenvalue weighted by molar-refractivity contribution is -0.258. The van der Waals surface area contributed by atoms with Crippen LogP contribution < -0.4 is 0 Å². The van der Waals surface area contributed by atoms with Crippen LogP contribution in [0.3, 0.4) is 0 Å². The lowest BCUT2D eigenvalue weighted by Gasteiger charge is -2.44. The van der Waals surface area contributed by atoms with Crippen LogP contribution in [0.15, 0.2) is 24.3 Å². The summed E-state index contributed by atoms with van der Waals surface area (Å²) >= 11 is 0. The number of nitrogens with zero attached hydrogens (tertiary/aromatic N) is 3. The number of likely N-dealkylation sites (tertiary alicyclic amines) is 1. The zero-order chi connectivity index (χ0) is 23.1. The Morgan fingerprint density at radius 2 is 1.72 bits per heavy atom. The van der Waals surface area contributed by atoms with Gasteiger partial charge in [-0.3, -0.25) is 4.79 Å². The minimum atomic E-state index is -4.80. The first-order chi connectivity index (χ1) is 15.1. The molecule has 1 N–H and O–H groups in total. The van der Waals surface area contributed by atoms with Crippen molar-refractivity contribution >= 4 is 5.91 Å². The van der Waals surface area contributed by atoms with Gasteiger partial charge < -0.3 is 14.9 Å². The van der Waals surface area contributed by atoms with E-state index < -0.39 is 11.8 Å². The van der Waals surface area contributed by atoms with Crippen molar-refractivity contribution in [1.29, 1.82) is 5.26 Å². The van der Waals surface area contributed by atoms with Crippen molar-refractivity contribution in [2.75, 3.05) is 19.6 Å². The van der Waals surface area contributed by atoms with E-state index in [4.69, 9.17) is 0 Å². The number of hydrogen-bond acceptors (Lipinski definition) is 4. The second-order valence-corrected chi connectivity index (χ2v) is 9.84. The summed E-state index contributed by atoms with van der Waals surface area (Å²) in [5, 5.41) is 19.4. The SMILES string of the molecule is C[C@](O)(c1ccc(C(=O)N(C2CC2)C2CCN(CC3(C#N)CCC3)CC2)cc1)C(F)(F)F. The van der Waals surface area contributed by atoms with Gasteiger partial charge in [-0.2, -0.15) is 18.4 Å². The third-order valence-electron chi connectivity index (χ3n) is 7.45. The van der Waals surface area contributed by atoms with Gasteiger partial charge in [-0.25, -0.2) is 0 Å². The lowest BCUT2D eigenvalue weighted by atomic mass is 9.69. The highest BCUT2D eigenvalue weighted by molar-refractivity contribution is 5.95. The molecule has 1 amide bonds. The number of amides is 1. The average Bonchev–Trinajstić information content (AvgIpc) is 3.56. The number of carbonyl (C=O) groups is 1. The first kappa shape index (κ1) is 23.1. The molecule has 3 fully saturated rings. The Balaban J connectivity index is 1.41. The van der Waals surface area contributed by atoms with E-state index in [0.29, 0.717) is 12.5 Å². The molecule has 0 aromatic heterocycles. The molecule has 8 heteroatoms. The summed E-state index contributed by atoms with van der Waals surface area (Å²) in [4.78, 5) is 17.5. The predicted molar refractivity (Wildman–Crippen MR) is 113 cm³/mol. The van der Waals surface area contributed by atoms with Crippen LogP contribution in [0.1, 0.15) is 67.8 Å². The van der Waals surface area contributed by atoms with Gasteiger partial charge >= 0.3 is 6.18 Å². The fourth-order valence-corrected chi connectivity index (χ4v) is 4.93. The molecular weight excluding hydrogens is 419 g/mol. The zero-order valence-corrected chi connectivity index (χ0v) is 18.4. The van der Waals surface area contributed by atoms with Gasteiger partial charge in [0.05, 0.1) is 11.5 Å².